The van der Waals surface area contributed by atoms with Gasteiger partial charge in [0.2, 0.25) is 0 Å². The van der Waals surface area contributed by atoms with Gasteiger partial charge in [0, 0.05) is 29.8 Å². The third kappa shape index (κ3) is 3.02. The van der Waals surface area contributed by atoms with Gasteiger partial charge in [-0.25, -0.2) is 0 Å². The van der Waals surface area contributed by atoms with Crippen LogP contribution >= 0.6 is 11.6 Å². The van der Waals surface area contributed by atoms with Crippen LogP contribution in [0.5, 0.6) is 0 Å². The molecule has 1 aliphatic heterocycles. The summed E-state index contributed by atoms with van der Waals surface area (Å²) in [5, 5.41) is 8.03. The van der Waals surface area contributed by atoms with Crippen molar-refractivity contribution in [1.29, 1.82) is 5.41 Å². The molecule has 4 nitrogen and oxygen atoms in total. The standard InChI is InChI=1S/C13H18ClN3O/c1-17(11-4-5-18-8-11)7-10-3-2-9(13(15)16)6-12(10)14/h2-3,6,11H,4-5,7-8H2,1H3,(H3,15,16). The highest BCUT2D eigenvalue weighted by Crippen LogP contribution is 2.21. The Morgan fingerprint density at radius 1 is 1.61 bits per heavy atom. The Morgan fingerprint density at radius 3 is 2.94 bits per heavy atom. The van der Waals surface area contributed by atoms with E-state index in [9.17, 15) is 0 Å². The number of benzene rings is 1. The van der Waals surface area contributed by atoms with Crippen molar-refractivity contribution in [2.45, 2.75) is 19.0 Å². The first-order valence-electron chi connectivity index (χ1n) is 5.98. The van der Waals surface area contributed by atoms with Gasteiger partial charge in [0.15, 0.2) is 0 Å². The molecule has 0 radical (unpaired) electrons. The fourth-order valence-electron chi connectivity index (χ4n) is 2.11. The van der Waals surface area contributed by atoms with Gasteiger partial charge in [-0.05, 0) is 25.1 Å². The van der Waals surface area contributed by atoms with E-state index in [0.717, 1.165) is 31.7 Å². The summed E-state index contributed by atoms with van der Waals surface area (Å²) >= 11 is 6.21. The normalized spacial score (nSPS) is 19.4. The third-order valence-corrected chi connectivity index (χ3v) is 3.66. The van der Waals surface area contributed by atoms with Crippen molar-refractivity contribution in [3.63, 3.8) is 0 Å². The van der Waals surface area contributed by atoms with Crippen molar-refractivity contribution in [3.05, 3.63) is 34.3 Å². The minimum absolute atomic E-state index is 0.0426. The summed E-state index contributed by atoms with van der Waals surface area (Å²) in [6.07, 6.45) is 1.07. The maximum atomic E-state index is 7.37. The lowest BCUT2D eigenvalue weighted by molar-refractivity contribution is 0.156. The molecule has 1 unspecified atom stereocenters. The van der Waals surface area contributed by atoms with Gasteiger partial charge < -0.3 is 10.5 Å². The van der Waals surface area contributed by atoms with E-state index in [1.165, 1.54) is 0 Å². The van der Waals surface area contributed by atoms with Crippen LogP contribution < -0.4 is 5.73 Å². The van der Waals surface area contributed by atoms with Crippen molar-refractivity contribution in [2.24, 2.45) is 5.73 Å². The van der Waals surface area contributed by atoms with E-state index in [1.807, 2.05) is 12.1 Å². The lowest BCUT2D eigenvalue weighted by Crippen LogP contribution is -2.31. The highest BCUT2D eigenvalue weighted by atomic mass is 35.5. The zero-order valence-electron chi connectivity index (χ0n) is 10.4. The van der Waals surface area contributed by atoms with Gasteiger partial charge in [0.25, 0.3) is 0 Å². The molecule has 1 heterocycles. The molecule has 1 fully saturated rings. The van der Waals surface area contributed by atoms with Crippen LogP contribution in [0.2, 0.25) is 5.02 Å². The minimum Gasteiger partial charge on any atom is -0.384 e. The van der Waals surface area contributed by atoms with E-state index in [0.29, 0.717) is 16.6 Å². The molecule has 98 valence electrons. The summed E-state index contributed by atoms with van der Waals surface area (Å²) in [5.41, 5.74) is 7.15. The summed E-state index contributed by atoms with van der Waals surface area (Å²) in [5.74, 6) is 0.0426. The number of halogens is 1. The van der Waals surface area contributed by atoms with Gasteiger partial charge in [-0.3, -0.25) is 10.3 Å². The average Bonchev–Trinajstić information content (AvgIpc) is 2.85. The number of nitrogens with one attached hydrogen (secondary N) is 1. The fraction of sp³-hybridized carbons (Fsp3) is 0.462. The molecular formula is C13H18ClN3O. The van der Waals surface area contributed by atoms with Gasteiger partial charge in [0.1, 0.15) is 5.84 Å². The first-order valence-corrected chi connectivity index (χ1v) is 6.36. The van der Waals surface area contributed by atoms with Crippen LogP contribution in [0.3, 0.4) is 0 Å². The molecule has 0 spiro atoms. The minimum atomic E-state index is 0.0426. The Labute approximate surface area is 112 Å². The number of nitrogens with two attached hydrogens (primary N) is 1. The third-order valence-electron chi connectivity index (χ3n) is 3.31. The summed E-state index contributed by atoms with van der Waals surface area (Å²) in [6, 6.07) is 5.99. The van der Waals surface area contributed by atoms with Gasteiger partial charge in [-0.2, -0.15) is 0 Å². The molecule has 18 heavy (non-hydrogen) atoms. The molecule has 0 aromatic heterocycles. The molecule has 3 N–H and O–H groups in total. The lowest BCUT2D eigenvalue weighted by atomic mass is 10.1. The number of nitrogens with zero attached hydrogens (tertiary/aromatic N) is 1. The maximum Gasteiger partial charge on any atom is 0.122 e. The van der Waals surface area contributed by atoms with Crippen molar-refractivity contribution in [3.8, 4) is 0 Å². The van der Waals surface area contributed by atoms with Crippen molar-refractivity contribution in [2.75, 3.05) is 20.3 Å². The SMILES string of the molecule is CN(Cc1ccc(C(=N)N)cc1Cl)C1CCOC1. The zero-order valence-corrected chi connectivity index (χ0v) is 11.2. The highest BCUT2D eigenvalue weighted by molar-refractivity contribution is 6.31. The number of likely N-dealkylation sites (N-methyl/N-ethyl adjacent to an activating group) is 1. The molecule has 0 amide bonds. The summed E-state index contributed by atoms with van der Waals surface area (Å²) < 4.78 is 5.38. The first-order chi connectivity index (χ1) is 8.58. The fourth-order valence-corrected chi connectivity index (χ4v) is 2.35. The Kier molecular flexibility index (Phi) is 4.22. The number of hydrogen-bond donors (Lipinski definition) is 2. The molecule has 2 rings (SSSR count). The Bertz CT molecular complexity index is 444. The van der Waals surface area contributed by atoms with E-state index in [-0.39, 0.29) is 5.84 Å². The highest BCUT2D eigenvalue weighted by Gasteiger charge is 2.20. The lowest BCUT2D eigenvalue weighted by Gasteiger charge is -2.23. The number of ether oxygens (including phenoxy) is 1. The molecule has 1 aromatic carbocycles. The molecule has 0 saturated carbocycles. The van der Waals surface area contributed by atoms with Gasteiger partial charge in [0.05, 0.1) is 6.61 Å². The number of nitrogen functional groups attached to an aromatic ring is 1. The van der Waals surface area contributed by atoms with Crippen LogP contribution in [0.15, 0.2) is 18.2 Å². The smallest absolute Gasteiger partial charge is 0.122 e. The van der Waals surface area contributed by atoms with E-state index in [1.54, 1.807) is 6.07 Å². The van der Waals surface area contributed by atoms with E-state index in [2.05, 4.69) is 11.9 Å². The van der Waals surface area contributed by atoms with Crippen molar-refractivity contribution < 1.29 is 4.74 Å². The summed E-state index contributed by atoms with van der Waals surface area (Å²) in [6.45, 7) is 2.41. The van der Waals surface area contributed by atoms with E-state index >= 15 is 0 Å². The molecule has 0 aliphatic carbocycles. The molecule has 5 heteroatoms. The molecule has 1 aliphatic rings. The average molecular weight is 268 g/mol. The van der Waals surface area contributed by atoms with Crippen LogP contribution in [0.4, 0.5) is 0 Å². The van der Waals surface area contributed by atoms with Crippen LogP contribution in [0.1, 0.15) is 17.5 Å². The van der Waals surface area contributed by atoms with E-state index < -0.39 is 0 Å². The predicted octanol–water partition coefficient (Wildman–Crippen LogP) is 1.84. The van der Waals surface area contributed by atoms with Crippen LogP contribution in [-0.4, -0.2) is 37.0 Å². The largest absolute Gasteiger partial charge is 0.384 e. The Balaban J connectivity index is 2.06. The number of amidine groups is 1. The number of rotatable bonds is 4. The second-order valence-corrected chi connectivity index (χ2v) is 5.06. The number of hydrogen-bond acceptors (Lipinski definition) is 3. The van der Waals surface area contributed by atoms with Crippen LogP contribution in [-0.2, 0) is 11.3 Å². The monoisotopic (exact) mass is 267 g/mol. The molecule has 1 atom stereocenters. The van der Waals surface area contributed by atoms with Crippen molar-refractivity contribution in [1.82, 2.24) is 4.90 Å². The Hall–Kier alpha value is -1.10. The van der Waals surface area contributed by atoms with Crippen molar-refractivity contribution >= 4 is 17.4 Å². The maximum absolute atomic E-state index is 7.37. The van der Waals surface area contributed by atoms with Gasteiger partial charge >= 0.3 is 0 Å². The predicted molar refractivity (Wildman–Crippen MR) is 73.2 cm³/mol. The second kappa shape index (κ2) is 5.69. The van der Waals surface area contributed by atoms with Crippen LogP contribution in [0, 0.1) is 5.41 Å². The van der Waals surface area contributed by atoms with E-state index in [4.69, 9.17) is 27.5 Å². The quantitative estimate of drug-likeness (QED) is 0.646. The van der Waals surface area contributed by atoms with Gasteiger partial charge in [-0.15, -0.1) is 0 Å². The second-order valence-electron chi connectivity index (χ2n) is 4.65. The summed E-state index contributed by atoms with van der Waals surface area (Å²) in [4.78, 5) is 2.25. The zero-order chi connectivity index (χ0) is 13.1. The van der Waals surface area contributed by atoms with Gasteiger partial charge in [-0.1, -0.05) is 23.7 Å². The van der Waals surface area contributed by atoms with Crippen LogP contribution in [0.25, 0.3) is 0 Å². The molecule has 1 saturated heterocycles. The molecule has 0 bridgehead atoms. The first kappa shape index (κ1) is 13.3. The molecule has 1 aromatic rings. The summed E-state index contributed by atoms with van der Waals surface area (Å²) in [7, 11) is 2.08. The Morgan fingerprint density at radius 2 is 2.39 bits per heavy atom. The molecular weight excluding hydrogens is 250 g/mol. The topological polar surface area (TPSA) is 62.3 Å².